The molecule has 1 heterocycles. The number of aromatic amines is 1. The van der Waals surface area contributed by atoms with Crippen LogP contribution < -0.4 is 11.1 Å². The molecule has 1 aromatic rings. The van der Waals surface area contributed by atoms with E-state index in [1.165, 1.54) is 6.33 Å². The smallest absolute Gasteiger partial charge is 0.303 e. The molecule has 0 aliphatic carbocycles. The van der Waals surface area contributed by atoms with Crippen LogP contribution in [0.25, 0.3) is 0 Å². The highest BCUT2D eigenvalue weighted by molar-refractivity contribution is 5.77. The number of aliphatic hydroxyl groups is 1. The molecule has 106 valence electrons. The third-order valence-corrected chi connectivity index (χ3v) is 2.55. The number of nitrogens with zero attached hydrogens (tertiary/aromatic N) is 1. The second-order valence-electron chi connectivity index (χ2n) is 4.19. The van der Waals surface area contributed by atoms with Crippen LogP contribution in [0.4, 0.5) is 0 Å². The Hall–Kier alpha value is -1.93. The van der Waals surface area contributed by atoms with Crippen molar-refractivity contribution in [3.05, 3.63) is 18.2 Å². The van der Waals surface area contributed by atoms with Gasteiger partial charge in [-0.2, -0.15) is 0 Å². The zero-order valence-corrected chi connectivity index (χ0v) is 10.4. The van der Waals surface area contributed by atoms with Gasteiger partial charge in [0.05, 0.1) is 12.4 Å². The fourth-order valence-electron chi connectivity index (χ4n) is 1.57. The molecule has 19 heavy (non-hydrogen) atoms. The van der Waals surface area contributed by atoms with Crippen molar-refractivity contribution in [3.8, 4) is 0 Å². The van der Waals surface area contributed by atoms with Gasteiger partial charge < -0.3 is 26.2 Å². The van der Waals surface area contributed by atoms with Gasteiger partial charge in [0.2, 0.25) is 5.91 Å². The fourth-order valence-corrected chi connectivity index (χ4v) is 1.57. The molecule has 1 amide bonds. The normalized spacial score (nSPS) is 13.8. The minimum atomic E-state index is -1.20. The van der Waals surface area contributed by atoms with E-state index >= 15 is 0 Å². The average molecular weight is 270 g/mol. The molecule has 0 aliphatic rings. The van der Waals surface area contributed by atoms with Crippen molar-refractivity contribution in [2.75, 3.05) is 0 Å². The lowest BCUT2D eigenvalue weighted by atomic mass is 10.1. The lowest BCUT2D eigenvalue weighted by molar-refractivity contribution is -0.137. The Morgan fingerprint density at radius 2 is 2.21 bits per heavy atom. The summed E-state index contributed by atoms with van der Waals surface area (Å²) >= 11 is 0. The topological polar surface area (TPSA) is 141 Å². The quantitative estimate of drug-likeness (QED) is 0.382. The molecule has 0 saturated carbocycles. The molecule has 0 radical (unpaired) electrons. The Labute approximate surface area is 110 Å². The minimum Gasteiger partial charge on any atom is -0.481 e. The summed E-state index contributed by atoms with van der Waals surface area (Å²) in [5.41, 5.74) is 6.13. The van der Waals surface area contributed by atoms with Crippen LogP contribution >= 0.6 is 0 Å². The van der Waals surface area contributed by atoms with Gasteiger partial charge in [0.15, 0.2) is 0 Å². The van der Waals surface area contributed by atoms with Crippen LogP contribution in [-0.2, 0) is 16.0 Å². The summed E-state index contributed by atoms with van der Waals surface area (Å²) in [6.07, 6.45) is 2.45. The van der Waals surface area contributed by atoms with Crippen LogP contribution in [0.3, 0.4) is 0 Å². The molecule has 0 spiro atoms. The monoisotopic (exact) mass is 270 g/mol. The SMILES string of the molecule is NC(O)C(Cc1cnc[nH]1)NC(=O)CCCC(=O)O. The number of carboxylic acid groups (broad SMARTS) is 1. The number of imidazole rings is 1. The molecule has 0 saturated heterocycles. The highest BCUT2D eigenvalue weighted by atomic mass is 16.4. The van der Waals surface area contributed by atoms with Gasteiger partial charge in [-0.15, -0.1) is 0 Å². The number of nitrogens with one attached hydrogen (secondary N) is 2. The van der Waals surface area contributed by atoms with E-state index in [1.807, 2.05) is 0 Å². The Kier molecular flexibility index (Phi) is 5.97. The number of aliphatic carboxylic acids is 1. The average Bonchev–Trinajstić information content (AvgIpc) is 2.80. The van der Waals surface area contributed by atoms with E-state index in [9.17, 15) is 14.7 Å². The summed E-state index contributed by atoms with van der Waals surface area (Å²) in [7, 11) is 0. The van der Waals surface area contributed by atoms with Gasteiger partial charge in [0.1, 0.15) is 6.23 Å². The highest BCUT2D eigenvalue weighted by Gasteiger charge is 2.19. The van der Waals surface area contributed by atoms with Crippen molar-refractivity contribution in [2.24, 2.45) is 5.73 Å². The second-order valence-corrected chi connectivity index (χ2v) is 4.19. The van der Waals surface area contributed by atoms with Crippen molar-refractivity contribution in [3.63, 3.8) is 0 Å². The molecular weight excluding hydrogens is 252 g/mol. The van der Waals surface area contributed by atoms with E-state index in [2.05, 4.69) is 15.3 Å². The number of carboxylic acids is 1. The molecule has 2 atom stereocenters. The molecule has 0 fully saturated rings. The van der Waals surface area contributed by atoms with E-state index < -0.39 is 18.2 Å². The molecule has 1 rings (SSSR count). The van der Waals surface area contributed by atoms with Crippen LogP contribution in [0.2, 0.25) is 0 Å². The highest BCUT2D eigenvalue weighted by Crippen LogP contribution is 2.02. The van der Waals surface area contributed by atoms with E-state index in [0.29, 0.717) is 6.42 Å². The van der Waals surface area contributed by atoms with Crippen molar-refractivity contribution in [1.82, 2.24) is 15.3 Å². The maximum absolute atomic E-state index is 11.6. The van der Waals surface area contributed by atoms with Crippen molar-refractivity contribution >= 4 is 11.9 Å². The molecule has 0 aliphatic heterocycles. The maximum Gasteiger partial charge on any atom is 0.303 e. The van der Waals surface area contributed by atoms with Gasteiger partial charge in [-0.1, -0.05) is 0 Å². The van der Waals surface area contributed by atoms with Crippen molar-refractivity contribution < 1.29 is 19.8 Å². The molecule has 8 nitrogen and oxygen atoms in total. The van der Waals surface area contributed by atoms with Gasteiger partial charge in [-0.25, -0.2) is 4.98 Å². The molecule has 2 unspecified atom stereocenters. The predicted octanol–water partition coefficient (Wildman–Crippen LogP) is -1.03. The van der Waals surface area contributed by atoms with E-state index in [4.69, 9.17) is 10.8 Å². The number of carbonyl (C=O) groups is 2. The number of aliphatic hydroxyl groups excluding tert-OH is 1. The van der Waals surface area contributed by atoms with Crippen molar-refractivity contribution in [1.29, 1.82) is 0 Å². The first-order chi connectivity index (χ1) is 8.99. The zero-order valence-electron chi connectivity index (χ0n) is 10.4. The first-order valence-corrected chi connectivity index (χ1v) is 5.91. The Morgan fingerprint density at radius 3 is 2.74 bits per heavy atom. The largest absolute Gasteiger partial charge is 0.481 e. The predicted molar refractivity (Wildman–Crippen MR) is 65.9 cm³/mol. The number of carbonyl (C=O) groups excluding carboxylic acids is 1. The summed E-state index contributed by atoms with van der Waals surface area (Å²) in [4.78, 5) is 28.6. The standard InChI is InChI=1S/C11H18N4O4/c12-11(19)8(4-7-5-13-6-14-7)15-9(16)2-1-3-10(17)18/h5-6,8,11,19H,1-4,12H2,(H,13,14)(H,15,16)(H,17,18). The molecule has 6 N–H and O–H groups in total. The molecule has 0 bridgehead atoms. The van der Waals surface area contributed by atoms with Crippen LogP contribution in [0.1, 0.15) is 25.0 Å². The third-order valence-electron chi connectivity index (χ3n) is 2.55. The van der Waals surface area contributed by atoms with Crippen molar-refractivity contribution in [2.45, 2.75) is 38.0 Å². The lowest BCUT2D eigenvalue weighted by Crippen LogP contribution is -2.48. The summed E-state index contributed by atoms with van der Waals surface area (Å²) in [5.74, 6) is -1.28. The van der Waals surface area contributed by atoms with E-state index in [0.717, 1.165) is 5.69 Å². The van der Waals surface area contributed by atoms with Crippen LogP contribution in [0, 0.1) is 0 Å². The van der Waals surface area contributed by atoms with E-state index in [1.54, 1.807) is 6.20 Å². The van der Waals surface area contributed by atoms with Crippen LogP contribution in [0.15, 0.2) is 12.5 Å². The second kappa shape index (κ2) is 7.49. The molecule has 0 aromatic carbocycles. The summed E-state index contributed by atoms with van der Waals surface area (Å²) in [5, 5.41) is 20.4. The minimum absolute atomic E-state index is 0.0657. The number of nitrogens with two attached hydrogens (primary N) is 1. The molecular formula is C11H18N4O4. The third kappa shape index (κ3) is 5.98. The summed E-state index contributed by atoms with van der Waals surface area (Å²) in [6, 6.07) is -0.641. The number of hydrogen-bond donors (Lipinski definition) is 5. The number of rotatable bonds is 8. The Balaban J connectivity index is 2.40. The lowest BCUT2D eigenvalue weighted by Gasteiger charge is -2.20. The fraction of sp³-hybridized carbons (Fsp3) is 0.545. The van der Waals surface area contributed by atoms with Crippen LogP contribution in [-0.4, -0.2) is 44.3 Å². The van der Waals surface area contributed by atoms with Gasteiger partial charge >= 0.3 is 5.97 Å². The van der Waals surface area contributed by atoms with Crippen LogP contribution in [0.5, 0.6) is 0 Å². The summed E-state index contributed by atoms with van der Waals surface area (Å²) in [6.45, 7) is 0. The maximum atomic E-state index is 11.6. The number of H-pyrrole nitrogens is 1. The molecule has 1 aromatic heterocycles. The zero-order chi connectivity index (χ0) is 14.3. The summed E-state index contributed by atoms with van der Waals surface area (Å²) < 4.78 is 0. The van der Waals surface area contributed by atoms with Gasteiger partial charge in [0, 0.05) is 31.2 Å². The number of aromatic nitrogens is 2. The Bertz CT molecular complexity index is 405. The number of hydrogen-bond acceptors (Lipinski definition) is 5. The van der Waals surface area contributed by atoms with E-state index in [-0.39, 0.29) is 25.2 Å². The molecule has 8 heteroatoms. The first kappa shape index (κ1) is 15.1. The number of amides is 1. The van der Waals surface area contributed by atoms with Gasteiger partial charge in [0.25, 0.3) is 0 Å². The van der Waals surface area contributed by atoms with Gasteiger partial charge in [-0.3, -0.25) is 9.59 Å². The van der Waals surface area contributed by atoms with Gasteiger partial charge in [-0.05, 0) is 6.42 Å². The first-order valence-electron chi connectivity index (χ1n) is 5.91. The Morgan fingerprint density at radius 1 is 1.47 bits per heavy atom.